The molecule has 3 aromatic rings. The van der Waals surface area contributed by atoms with Gasteiger partial charge >= 0.3 is 12.1 Å². The quantitative estimate of drug-likeness (QED) is 0.339. The Morgan fingerprint density at radius 2 is 1.67 bits per heavy atom. The first kappa shape index (κ1) is 26.5. The van der Waals surface area contributed by atoms with Crippen molar-refractivity contribution in [3.63, 3.8) is 0 Å². The molecule has 0 amide bonds. The zero-order chi connectivity index (χ0) is 23.1. The van der Waals surface area contributed by atoms with E-state index in [9.17, 15) is 18.0 Å². The molecule has 0 spiro atoms. The van der Waals surface area contributed by atoms with Gasteiger partial charge in [-0.1, -0.05) is 48.4 Å². The normalized spacial score (nSPS) is 11.5. The Balaban J connectivity index is 0.00000385. The van der Waals surface area contributed by atoms with Crippen LogP contribution in [0.2, 0.25) is 0 Å². The summed E-state index contributed by atoms with van der Waals surface area (Å²) < 4.78 is 44.1. The minimum atomic E-state index is -4.36. The fraction of sp³-hybridized carbons (Fsp3) is 0.192. The van der Waals surface area contributed by atoms with E-state index in [4.69, 9.17) is 9.84 Å². The predicted molar refractivity (Wildman–Crippen MR) is 122 cm³/mol. The zero-order valence-electron chi connectivity index (χ0n) is 18.3. The van der Waals surface area contributed by atoms with E-state index in [1.807, 2.05) is 24.3 Å². The van der Waals surface area contributed by atoms with Crippen molar-refractivity contribution in [2.24, 2.45) is 0 Å². The van der Waals surface area contributed by atoms with Crippen LogP contribution >= 0.6 is 0 Å². The van der Waals surface area contributed by atoms with Crippen molar-refractivity contribution in [1.82, 2.24) is 0 Å². The van der Waals surface area contributed by atoms with Gasteiger partial charge in [0.25, 0.3) is 0 Å². The van der Waals surface area contributed by atoms with Crippen molar-refractivity contribution in [3.05, 3.63) is 89.5 Å². The molecule has 0 aromatic heterocycles. The van der Waals surface area contributed by atoms with E-state index in [1.165, 1.54) is 12.1 Å². The van der Waals surface area contributed by atoms with Gasteiger partial charge in [0.15, 0.2) is 0 Å². The van der Waals surface area contributed by atoms with Gasteiger partial charge in [0.2, 0.25) is 0 Å². The van der Waals surface area contributed by atoms with E-state index in [2.05, 4.69) is 11.8 Å². The monoisotopic (exact) mass is 461 g/mol. The molecule has 1 radical (unpaired) electrons. The Morgan fingerprint density at radius 3 is 2.24 bits per heavy atom. The van der Waals surface area contributed by atoms with Crippen LogP contribution in [-0.2, 0) is 17.6 Å². The summed E-state index contributed by atoms with van der Waals surface area (Å²) in [6, 6.07) is 19.6. The number of rotatable bonds is 7. The zero-order valence-corrected chi connectivity index (χ0v) is 20.3. The van der Waals surface area contributed by atoms with Crippen molar-refractivity contribution in [1.29, 1.82) is 0 Å². The van der Waals surface area contributed by atoms with Crippen LogP contribution in [-0.4, -0.2) is 40.6 Å². The molecule has 0 fully saturated rings. The first-order valence-electron chi connectivity index (χ1n) is 9.89. The molecule has 0 saturated carbocycles. The maximum atomic E-state index is 12.8. The fourth-order valence-electron chi connectivity index (χ4n) is 3.26. The summed E-state index contributed by atoms with van der Waals surface area (Å²) in [5.74, 6) is 4.99. The number of aliphatic carboxylic acids is 1. The molecule has 7 heteroatoms. The van der Waals surface area contributed by atoms with Crippen LogP contribution in [0.5, 0.6) is 5.75 Å². The Labute approximate surface area is 212 Å². The molecule has 0 unspecified atom stereocenters. The summed E-state index contributed by atoms with van der Waals surface area (Å²) in [6.45, 7) is 1.95. The largest absolute Gasteiger partial charge is 0.489 e. The van der Waals surface area contributed by atoms with Gasteiger partial charge in [0, 0.05) is 29.6 Å². The Kier molecular flexibility index (Phi) is 9.60. The van der Waals surface area contributed by atoms with Crippen LogP contribution in [0, 0.1) is 11.8 Å². The smallest absolute Gasteiger partial charge is 0.416 e. The number of hydrogen-bond acceptors (Lipinski definition) is 2. The number of ether oxygens (including phenoxy) is 1. The number of carboxylic acids is 1. The third-order valence-electron chi connectivity index (χ3n) is 4.86. The van der Waals surface area contributed by atoms with Gasteiger partial charge in [-0.05, 0) is 59.5 Å². The molecule has 0 heterocycles. The van der Waals surface area contributed by atoms with Crippen LogP contribution in [0.4, 0.5) is 13.2 Å². The van der Waals surface area contributed by atoms with E-state index < -0.39 is 17.7 Å². The molecular weight excluding hydrogens is 440 g/mol. The average molecular weight is 461 g/mol. The minimum absolute atomic E-state index is 0. The van der Waals surface area contributed by atoms with Gasteiger partial charge in [-0.2, -0.15) is 13.2 Å². The molecule has 3 rings (SSSR count). The van der Waals surface area contributed by atoms with Crippen molar-refractivity contribution in [2.45, 2.75) is 32.0 Å². The molecule has 3 nitrogen and oxygen atoms in total. The SMILES string of the molecule is CC#C[C@@H](CC(=O)O)c1ccc(OCc2cccc(-c3ccc(C(F)(F)F)cc3)c2)cc1.[Na]. The maximum absolute atomic E-state index is 12.8. The van der Waals surface area contributed by atoms with Gasteiger partial charge in [-0.25, -0.2) is 0 Å². The van der Waals surface area contributed by atoms with Crippen LogP contribution in [0.15, 0.2) is 72.8 Å². The van der Waals surface area contributed by atoms with Gasteiger partial charge in [0.05, 0.1) is 17.9 Å². The predicted octanol–water partition coefficient (Wildman–Crippen LogP) is 6.15. The van der Waals surface area contributed by atoms with E-state index in [-0.39, 0.29) is 48.5 Å². The molecule has 1 atom stereocenters. The van der Waals surface area contributed by atoms with E-state index in [0.29, 0.717) is 11.3 Å². The number of hydrogen-bond donors (Lipinski definition) is 1. The van der Waals surface area contributed by atoms with Crippen LogP contribution in [0.25, 0.3) is 11.1 Å². The summed E-state index contributed by atoms with van der Waals surface area (Å²) in [4.78, 5) is 11.0. The first-order chi connectivity index (χ1) is 15.3. The van der Waals surface area contributed by atoms with Crippen molar-refractivity contribution < 1.29 is 27.8 Å². The van der Waals surface area contributed by atoms with Crippen molar-refractivity contribution in [2.75, 3.05) is 0 Å². The van der Waals surface area contributed by atoms with Crippen molar-refractivity contribution in [3.8, 4) is 28.7 Å². The molecule has 3 aromatic carbocycles. The number of halogens is 3. The summed E-state index contributed by atoms with van der Waals surface area (Å²) in [5.41, 5.74) is 2.47. The van der Waals surface area contributed by atoms with Crippen LogP contribution in [0.1, 0.15) is 36.0 Å². The van der Waals surface area contributed by atoms with E-state index >= 15 is 0 Å². The van der Waals surface area contributed by atoms with Crippen LogP contribution < -0.4 is 4.74 Å². The molecule has 33 heavy (non-hydrogen) atoms. The minimum Gasteiger partial charge on any atom is -0.489 e. The second-order valence-corrected chi connectivity index (χ2v) is 7.18. The standard InChI is InChI=1S/C26H21F3O3.Na/c1-2-4-21(16-25(30)31)20-9-13-24(14-10-20)32-17-18-5-3-6-22(15-18)19-7-11-23(12-8-19)26(27,28)29;/h3,5-15,21H,16-17H2,1H3,(H,30,31);/t21-;/m0./s1. The summed E-state index contributed by atoms with van der Waals surface area (Å²) >= 11 is 0. The molecular formula is C26H21F3NaO3. The Hall–Kier alpha value is -2.72. The van der Waals surface area contributed by atoms with Crippen LogP contribution in [0.3, 0.4) is 0 Å². The molecule has 0 aliphatic heterocycles. The number of benzene rings is 3. The molecule has 165 valence electrons. The number of carbonyl (C=O) groups is 1. The van der Waals surface area contributed by atoms with Gasteiger partial charge in [-0.3, -0.25) is 4.79 Å². The average Bonchev–Trinajstić information content (AvgIpc) is 2.77. The fourth-order valence-corrected chi connectivity index (χ4v) is 3.26. The maximum Gasteiger partial charge on any atom is 0.416 e. The van der Waals surface area contributed by atoms with E-state index in [1.54, 1.807) is 31.2 Å². The van der Waals surface area contributed by atoms with E-state index in [0.717, 1.165) is 28.8 Å². The summed E-state index contributed by atoms with van der Waals surface area (Å²) in [5, 5.41) is 9.05. The summed E-state index contributed by atoms with van der Waals surface area (Å²) in [6.07, 6.45) is -4.43. The van der Waals surface area contributed by atoms with Gasteiger partial charge < -0.3 is 9.84 Å². The molecule has 0 bridgehead atoms. The number of carboxylic acid groups (broad SMARTS) is 1. The molecule has 0 aliphatic rings. The topological polar surface area (TPSA) is 46.5 Å². The third-order valence-corrected chi connectivity index (χ3v) is 4.86. The first-order valence-corrected chi connectivity index (χ1v) is 9.89. The second kappa shape index (κ2) is 11.9. The van der Waals surface area contributed by atoms with Crippen molar-refractivity contribution >= 4 is 35.5 Å². The summed E-state index contributed by atoms with van der Waals surface area (Å²) in [7, 11) is 0. The molecule has 1 N–H and O–H groups in total. The van der Waals surface area contributed by atoms with Gasteiger partial charge in [-0.15, -0.1) is 5.92 Å². The number of alkyl halides is 3. The molecule has 0 saturated heterocycles. The second-order valence-electron chi connectivity index (χ2n) is 7.18. The Morgan fingerprint density at radius 1 is 1.00 bits per heavy atom. The van der Waals surface area contributed by atoms with Gasteiger partial charge in [0.1, 0.15) is 12.4 Å². The Bertz CT molecular complexity index is 1130. The molecule has 0 aliphatic carbocycles. The third kappa shape index (κ3) is 7.68.